The van der Waals surface area contributed by atoms with Crippen LogP contribution in [0.5, 0.6) is 11.5 Å². The number of amides is 1. The fourth-order valence-electron chi connectivity index (χ4n) is 2.77. The van der Waals surface area contributed by atoms with Gasteiger partial charge in [0.05, 0.1) is 0 Å². The minimum Gasteiger partial charge on any atom is -0.486 e. The Morgan fingerprint density at radius 3 is 2.65 bits per heavy atom. The van der Waals surface area contributed by atoms with E-state index < -0.39 is 0 Å². The zero-order chi connectivity index (χ0) is 18.5. The van der Waals surface area contributed by atoms with Crippen LogP contribution in [0.2, 0.25) is 0 Å². The molecule has 3 rings (SSSR count). The van der Waals surface area contributed by atoms with Crippen molar-refractivity contribution in [2.75, 3.05) is 18.5 Å². The number of thiocarbonyl (C=S) groups is 1. The van der Waals surface area contributed by atoms with E-state index in [9.17, 15) is 4.79 Å². The van der Waals surface area contributed by atoms with Crippen LogP contribution in [-0.2, 0) is 0 Å². The van der Waals surface area contributed by atoms with Crippen molar-refractivity contribution in [1.82, 2.24) is 5.32 Å². The lowest BCUT2D eigenvalue weighted by Crippen LogP contribution is -2.34. The van der Waals surface area contributed by atoms with Crippen LogP contribution in [0.4, 0.5) is 5.69 Å². The molecule has 1 aliphatic heterocycles. The summed E-state index contributed by atoms with van der Waals surface area (Å²) in [4.78, 5) is 12.5. The quantitative estimate of drug-likeness (QED) is 0.794. The number of hydrogen-bond donors (Lipinski definition) is 2. The van der Waals surface area contributed by atoms with Gasteiger partial charge in [-0.2, -0.15) is 0 Å². The first kappa shape index (κ1) is 18.2. The third kappa shape index (κ3) is 4.14. The molecular weight excluding hydrogens is 348 g/mol. The normalized spacial score (nSPS) is 13.6. The van der Waals surface area contributed by atoms with E-state index >= 15 is 0 Å². The highest BCUT2D eigenvalue weighted by Crippen LogP contribution is 2.30. The van der Waals surface area contributed by atoms with Gasteiger partial charge < -0.3 is 14.8 Å². The number of benzene rings is 2. The molecule has 0 aliphatic carbocycles. The molecule has 6 heteroatoms. The van der Waals surface area contributed by atoms with Gasteiger partial charge in [-0.05, 0) is 54.4 Å². The molecule has 1 aliphatic rings. The molecule has 0 saturated heterocycles. The Bertz CT molecular complexity index is 822. The van der Waals surface area contributed by atoms with Crippen LogP contribution in [0.25, 0.3) is 0 Å². The van der Waals surface area contributed by atoms with E-state index in [0.717, 1.165) is 12.1 Å². The second kappa shape index (κ2) is 8.19. The molecule has 0 radical (unpaired) electrons. The van der Waals surface area contributed by atoms with Gasteiger partial charge in [-0.3, -0.25) is 10.1 Å². The molecule has 0 spiro atoms. The van der Waals surface area contributed by atoms with E-state index in [-0.39, 0.29) is 11.0 Å². The van der Waals surface area contributed by atoms with E-state index in [1.807, 2.05) is 18.2 Å². The Balaban J connectivity index is 1.68. The highest BCUT2D eigenvalue weighted by molar-refractivity contribution is 7.80. The van der Waals surface area contributed by atoms with E-state index in [0.29, 0.717) is 36.2 Å². The maximum Gasteiger partial charge on any atom is 0.257 e. The zero-order valence-electron chi connectivity index (χ0n) is 14.9. The fourth-order valence-corrected chi connectivity index (χ4v) is 2.98. The predicted octanol–water partition coefficient (Wildman–Crippen LogP) is 4.10. The van der Waals surface area contributed by atoms with Crippen molar-refractivity contribution in [2.24, 2.45) is 0 Å². The molecule has 2 aromatic rings. The van der Waals surface area contributed by atoms with Crippen molar-refractivity contribution in [1.29, 1.82) is 0 Å². The monoisotopic (exact) mass is 370 g/mol. The molecule has 0 unspecified atom stereocenters. The minimum absolute atomic E-state index is 0.264. The predicted molar refractivity (Wildman–Crippen MR) is 106 cm³/mol. The van der Waals surface area contributed by atoms with Gasteiger partial charge in [0, 0.05) is 11.3 Å². The summed E-state index contributed by atoms with van der Waals surface area (Å²) in [5.41, 5.74) is 2.55. The van der Waals surface area contributed by atoms with E-state index in [4.69, 9.17) is 21.7 Å². The van der Waals surface area contributed by atoms with Gasteiger partial charge in [0.2, 0.25) is 0 Å². The summed E-state index contributed by atoms with van der Waals surface area (Å²) in [6.07, 6.45) is 1.02. The molecular formula is C20H22N2O3S. The summed E-state index contributed by atoms with van der Waals surface area (Å²) in [7, 11) is 0. The zero-order valence-corrected chi connectivity index (χ0v) is 15.7. The van der Waals surface area contributed by atoms with Crippen LogP contribution in [-0.4, -0.2) is 24.2 Å². The molecule has 1 atom stereocenters. The summed E-state index contributed by atoms with van der Waals surface area (Å²) in [6, 6.07) is 13.1. The Morgan fingerprint density at radius 2 is 1.88 bits per heavy atom. The third-order valence-corrected chi connectivity index (χ3v) is 4.59. The van der Waals surface area contributed by atoms with E-state index in [1.165, 1.54) is 5.56 Å². The summed E-state index contributed by atoms with van der Waals surface area (Å²) in [5.74, 6) is 1.33. The van der Waals surface area contributed by atoms with Crippen LogP contribution in [0.1, 0.15) is 42.1 Å². The maximum absolute atomic E-state index is 12.5. The van der Waals surface area contributed by atoms with Crippen LogP contribution in [0.3, 0.4) is 0 Å². The lowest BCUT2D eigenvalue weighted by molar-refractivity contribution is 0.0976. The average Bonchev–Trinajstić information content (AvgIpc) is 2.67. The number of carbonyl (C=O) groups excluding carboxylic acids is 1. The van der Waals surface area contributed by atoms with Gasteiger partial charge in [0.15, 0.2) is 16.6 Å². The second-order valence-electron chi connectivity index (χ2n) is 6.16. The third-order valence-electron chi connectivity index (χ3n) is 4.38. The molecule has 26 heavy (non-hydrogen) atoms. The summed E-state index contributed by atoms with van der Waals surface area (Å²) < 4.78 is 11.0. The van der Waals surface area contributed by atoms with Gasteiger partial charge in [-0.25, -0.2) is 0 Å². The Morgan fingerprint density at radius 1 is 1.15 bits per heavy atom. The molecule has 2 aromatic carbocycles. The van der Waals surface area contributed by atoms with Crippen molar-refractivity contribution in [3.8, 4) is 11.5 Å². The van der Waals surface area contributed by atoms with Crippen molar-refractivity contribution < 1.29 is 14.3 Å². The first-order valence-electron chi connectivity index (χ1n) is 8.69. The minimum atomic E-state index is -0.291. The van der Waals surface area contributed by atoms with Crippen LogP contribution < -0.4 is 20.1 Å². The molecule has 136 valence electrons. The van der Waals surface area contributed by atoms with Gasteiger partial charge in [-0.15, -0.1) is 0 Å². The molecule has 0 fully saturated rings. The molecule has 0 bridgehead atoms. The number of nitrogens with one attached hydrogen (secondary N) is 2. The molecule has 0 aromatic heterocycles. The summed E-state index contributed by atoms with van der Waals surface area (Å²) >= 11 is 5.32. The van der Waals surface area contributed by atoms with Crippen LogP contribution in [0.15, 0.2) is 42.5 Å². The van der Waals surface area contributed by atoms with Crippen molar-refractivity contribution in [3.05, 3.63) is 53.6 Å². The highest BCUT2D eigenvalue weighted by Gasteiger charge is 2.16. The Hall–Kier alpha value is -2.60. The molecule has 2 N–H and O–H groups in total. The average molecular weight is 370 g/mol. The SMILES string of the molecule is CC[C@H](C)c1ccccc1NC(=S)NC(=O)c1ccc2c(c1)OCCO2. The van der Waals surface area contributed by atoms with Crippen molar-refractivity contribution >= 4 is 28.9 Å². The Kier molecular flexibility index (Phi) is 5.73. The number of para-hydroxylation sites is 1. The second-order valence-corrected chi connectivity index (χ2v) is 6.57. The van der Waals surface area contributed by atoms with Gasteiger partial charge >= 0.3 is 0 Å². The maximum atomic E-state index is 12.5. The van der Waals surface area contributed by atoms with Gasteiger partial charge in [0.25, 0.3) is 5.91 Å². The summed E-state index contributed by atoms with van der Waals surface area (Å²) in [5, 5.41) is 6.12. The van der Waals surface area contributed by atoms with E-state index in [1.54, 1.807) is 18.2 Å². The number of hydrogen-bond acceptors (Lipinski definition) is 4. The number of rotatable bonds is 4. The number of carbonyl (C=O) groups is 1. The highest BCUT2D eigenvalue weighted by atomic mass is 32.1. The number of anilines is 1. The smallest absolute Gasteiger partial charge is 0.257 e. The fraction of sp³-hybridized carbons (Fsp3) is 0.300. The number of ether oxygens (including phenoxy) is 2. The largest absolute Gasteiger partial charge is 0.486 e. The van der Waals surface area contributed by atoms with E-state index in [2.05, 4.69) is 30.5 Å². The lowest BCUT2D eigenvalue weighted by Gasteiger charge is -2.19. The topological polar surface area (TPSA) is 59.6 Å². The molecule has 1 heterocycles. The number of fused-ring (bicyclic) bond motifs is 1. The lowest BCUT2D eigenvalue weighted by atomic mass is 9.97. The van der Waals surface area contributed by atoms with Crippen molar-refractivity contribution in [2.45, 2.75) is 26.2 Å². The first-order chi connectivity index (χ1) is 12.6. The van der Waals surface area contributed by atoms with Crippen LogP contribution >= 0.6 is 12.2 Å². The van der Waals surface area contributed by atoms with Crippen LogP contribution in [0, 0.1) is 0 Å². The Labute approximate surface area is 158 Å². The molecule has 0 saturated carbocycles. The standard InChI is InChI=1S/C20H22N2O3S/c1-3-13(2)15-6-4-5-7-16(15)21-20(26)22-19(23)14-8-9-17-18(12-14)25-11-10-24-17/h4-9,12-13H,3,10-11H2,1-2H3,(H2,21,22,23,26)/t13-/m0/s1. The first-order valence-corrected chi connectivity index (χ1v) is 9.10. The summed E-state index contributed by atoms with van der Waals surface area (Å²) in [6.45, 7) is 5.30. The van der Waals surface area contributed by atoms with Crippen molar-refractivity contribution in [3.63, 3.8) is 0 Å². The van der Waals surface area contributed by atoms with Gasteiger partial charge in [0.1, 0.15) is 13.2 Å². The molecule has 1 amide bonds. The molecule has 5 nitrogen and oxygen atoms in total. The van der Waals surface area contributed by atoms with Gasteiger partial charge in [-0.1, -0.05) is 32.0 Å².